The van der Waals surface area contributed by atoms with Crippen LogP contribution in [-0.4, -0.2) is 59.2 Å². The Kier molecular flexibility index (Phi) is 7.21. The number of amides is 2. The molecule has 0 atom stereocenters. The minimum Gasteiger partial charge on any atom is -0.340 e. The maximum atomic E-state index is 14.4. The Hall–Kier alpha value is -2.94. The van der Waals surface area contributed by atoms with Crippen LogP contribution in [-0.2, 0) is 11.3 Å². The van der Waals surface area contributed by atoms with E-state index < -0.39 is 18.2 Å². The minimum absolute atomic E-state index is 0.0333. The Morgan fingerprint density at radius 2 is 1.82 bits per heavy atom. The molecule has 0 radical (unpaired) electrons. The van der Waals surface area contributed by atoms with Gasteiger partial charge < -0.3 is 10.2 Å². The molecule has 2 fully saturated rings. The van der Waals surface area contributed by atoms with Crippen LogP contribution in [0.4, 0.5) is 18.9 Å². The Morgan fingerprint density at radius 1 is 1.12 bits per heavy atom. The van der Waals surface area contributed by atoms with Crippen LogP contribution < -0.4 is 5.32 Å². The molecule has 1 saturated carbocycles. The molecular weight excluding hydrogens is 445 g/mol. The Labute approximate surface area is 197 Å². The van der Waals surface area contributed by atoms with Crippen LogP contribution in [0.15, 0.2) is 30.5 Å². The molecular formula is C25H29F3N4O2. The number of nitrogens with zero attached hydrogens (tertiary/aromatic N) is 3. The molecule has 0 bridgehead atoms. The highest BCUT2D eigenvalue weighted by Crippen LogP contribution is 2.39. The van der Waals surface area contributed by atoms with Crippen molar-refractivity contribution < 1.29 is 22.8 Å². The lowest BCUT2D eigenvalue weighted by molar-refractivity contribution is -0.144. The lowest BCUT2D eigenvalue weighted by Crippen LogP contribution is -2.52. The summed E-state index contributed by atoms with van der Waals surface area (Å²) in [5.41, 5.74) is 3.14. The molecule has 34 heavy (non-hydrogen) atoms. The van der Waals surface area contributed by atoms with Crippen molar-refractivity contribution in [1.82, 2.24) is 14.8 Å². The van der Waals surface area contributed by atoms with Gasteiger partial charge in [-0.15, -0.1) is 0 Å². The molecule has 0 spiro atoms. The van der Waals surface area contributed by atoms with Crippen molar-refractivity contribution in [3.63, 3.8) is 0 Å². The van der Waals surface area contributed by atoms with Gasteiger partial charge in [0.25, 0.3) is 5.91 Å². The predicted molar refractivity (Wildman–Crippen MR) is 122 cm³/mol. The number of pyridine rings is 1. The largest absolute Gasteiger partial charge is 0.340 e. The summed E-state index contributed by atoms with van der Waals surface area (Å²) in [6, 6.07) is 6.19. The van der Waals surface area contributed by atoms with E-state index in [2.05, 4.69) is 15.2 Å². The highest BCUT2D eigenvalue weighted by atomic mass is 19.3. The number of hydrogen-bond acceptors (Lipinski definition) is 4. The smallest absolute Gasteiger partial charge is 0.257 e. The summed E-state index contributed by atoms with van der Waals surface area (Å²) < 4.78 is 39.8. The zero-order valence-electron chi connectivity index (χ0n) is 19.4. The van der Waals surface area contributed by atoms with E-state index in [0.717, 1.165) is 16.8 Å². The van der Waals surface area contributed by atoms with E-state index in [1.54, 1.807) is 17.0 Å². The summed E-state index contributed by atoms with van der Waals surface area (Å²) in [7, 11) is 0. The molecule has 9 heteroatoms. The number of nitrogens with one attached hydrogen (secondary N) is 1. The second-order valence-electron chi connectivity index (χ2n) is 9.24. The van der Waals surface area contributed by atoms with Gasteiger partial charge >= 0.3 is 0 Å². The van der Waals surface area contributed by atoms with Crippen LogP contribution in [0.5, 0.6) is 0 Å². The fourth-order valence-corrected chi connectivity index (χ4v) is 4.52. The first kappa shape index (κ1) is 24.2. The third-order valence-electron chi connectivity index (χ3n) is 6.86. The first-order valence-corrected chi connectivity index (χ1v) is 11.5. The molecule has 2 aromatic rings. The van der Waals surface area contributed by atoms with E-state index in [1.807, 2.05) is 13.8 Å². The van der Waals surface area contributed by atoms with Crippen LogP contribution >= 0.6 is 0 Å². The van der Waals surface area contributed by atoms with E-state index in [4.69, 9.17) is 0 Å². The number of aromatic nitrogens is 1. The summed E-state index contributed by atoms with van der Waals surface area (Å²) in [5.74, 6) is -1.77. The van der Waals surface area contributed by atoms with E-state index in [1.165, 1.54) is 18.3 Å². The average molecular weight is 475 g/mol. The van der Waals surface area contributed by atoms with Gasteiger partial charge in [0.1, 0.15) is 5.82 Å². The van der Waals surface area contributed by atoms with Crippen LogP contribution in [0.1, 0.15) is 40.0 Å². The fourth-order valence-electron chi connectivity index (χ4n) is 4.52. The lowest BCUT2D eigenvalue weighted by atomic mass is 9.74. The average Bonchev–Trinajstić information content (AvgIpc) is 2.76. The van der Waals surface area contributed by atoms with Crippen molar-refractivity contribution in [1.29, 1.82) is 0 Å². The maximum Gasteiger partial charge on any atom is 0.257 e. The van der Waals surface area contributed by atoms with Gasteiger partial charge in [-0.05, 0) is 62.1 Å². The third kappa shape index (κ3) is 5.41. The number of piperazine rings is 1. The van der Waals surface area contributed by atoms with Crippen LogP contribution in [0.25, 0.3) is 0 Å². The van der Waals surface area contributed by atoms with Gasteiger partial charge in [0.05, 0.1) is 5.56 Å². The molecule has 1 N–H and O–H groups in total. The molecule has 182 valence electrons. The van der Waals surface area contributed by atoms with E-state index in [0.29, 0.717) is 44.0 Å². The van der Waals surface area contributed by atoms with Crippen molar-refractivity contribution in [2.45, 2.75) is 39.7 Å². The molecule has 4 rings (SSSR count). The standard InChI is InChI=1S/C25H29F3N4O2/c1-15-3-4-17(13-29-15)24(33)30-22-12-21(26)11-20(16(22)2)14-31-5-7-32(8-6-31)25(34)19-9-18(10-19)23(27)28/h3-4,11-13,18-19,23H,5-10,14H2,1-2H3,(H,30,33). The van der Waals surface area contributed by atoms with Crippen LogP contribution in [0.2, 0.25) is 0 Å². The predicted octanol–water partition coefficient (Wildman–Crippen LogP) is 4.03. The van der Waals surface area contributed by atoms with E-state index >= 15 is 0 Å². The van der Waals surface area contributed by atoms with Crippen LogP contribution in [0, 0.1) is 31.5 Å². The van der Waals surface area contributed by atoms with E-state index in [9.17, 15) is 22.8 Å². The number of carbonyl (C=O) groups is 2. The van der Waals surface area contributed by atoms with Gasteiger partial charge in [-0.1, -0.05) is 0 Å². The fraction of sp³-hybridized carbons (Fsp3) is 0.480. The summed E-state index contributed by atoms with van der Waals surface area (Å²) >= 11 is 0. The van der Waals surface area contributed by atoms with Gasteiger partial charge in [-0.25, -0.2) is 13.2 Å². The number of alkyl halides is 2. The SMILES string of the molecule is Cc1ccc(C(=O)Nc2cc(F)cc(CN3CCN(C(=O)C4CC(C(F)F)C4)CC3)c2C)cn1. The zero-order chi connectivity index (χ0) is 24.4. The number of anilines is 1. The van der Waals surface area contributed by atoms with Crippen molar-refractivity contribution in [3.05, 3.63) is 58.7 Å². The van der Waals surface area contributed by atoms with Crippen molar-refractivity contribution in [3.8, 4) is 0 Å². The highest BCUT2D eigenvalue weighted by Gasteiger charge is 2.41. The summed E-state index contributed by atoms with van der Waals surface area (Å²) in [5, 5.41) is 2.78. The monoisotopic (exact) mass is 474 g/mol. The molecule has 1 aliphatic carbocycles. The van der Waals surface area contributed by atoms with Gasteiger partial charge in [-0.3, -0.25) is 19.5 Å². The van der Waals surface area contributed by atoms with Crippen molar-refractivity contribution in [2.75, 3.05) is 31.5 Å². The summed E-state index contributed by atoms with van der Waals surface area (Å²) in [6.07, 6.45) is -0.324. The molecule has 6 nitrogen and oxygen atoms in total. The minimum atomic E-state index is -2.35. The zero-order valence-corrected chi connectivity index (χ0v) is 19.4. The van der Waals surface area contributed by atoms with Crippen LogP contribution in [0.3, 0.4) is 0 Å². The second-order valence-corrected chi connectivity index (χ2v) is 9.24. The molecule has 0 unspecified atom stereocenters. The van der Waals surface area contributed by atoms with Gasteiger partial charge in [0, 0.05) is 62.1 Å². The number of rotatable bonds is 6. The molecule has 2 aliphatic rings. The summed E-state index contributed by atoms with van der Waals surface area (Å²) in [4.78, 5) is 33.1. The molecule has 1 aromatic heterocycles. The Balaban J connectivity index is 1.34. The number of hydrogen-bond donors (Lipinski definition) is 1. The first-order chi connectivity index (χ1) is 16.2. The normalized spacial score (nSPS) is 20.8. The molecule has 2 amide bonds. The van der Waals surface area contributed by atoms with E-state index in [-0.39, 0.29) is 30.6 Å². The number of carbonyl (C=O) groups excluding carboxylic acids is 2. The quantitative estimate of drug-likeness (QED) is 0.687. The maximum absolute atomic E-state index is 14.4. The first-order valence-electron chi connectivity index (χ1n) is 11.5. The van der Waals surface area contributed by atoms with Gasteiger partial charge in [0.2, 0.25) is 12.3 Å². The van der Waals surface area contributed by atoms with Crippen molar-refractivity contribution in [2.24, 2.45) is 11.8 Å². The Morgan fingerprint density at radius 3 is 2.44 bits per heavy atom. The number of aryl methyl sites for hydroxylation is 1. The lowest BCUT2D eigenvalue weighted by Gasteiger charge is -2.40. The molecule has 1 aromatic carbocycles. The highest BCUT2D eigenvalue weighted by molar-refractivity contribution is 6.04. The van der Waals surface area contributed by atoms with Gasteiger partial charge in [-0.2, -0.15) is 0 Å². The molecule has 1 aliphatic heterocycles. The summed E-state index contributed by atoms with van der Waals surface area (Å²) in [6.45, 7) is 6.43. The second kappa shape index (κ2) is 10.1. The number of halogens is 3. The van der Waals surface area contributed by atoms with Gasteiger partial charge in [0.15, 0.2) is 0 Å². The number of benzene rings is 1. The Bertz CT molecular complexity index is 1050. The molecule has 2 heterocycles. The topological polar surface area (TPSA) is 65.5 Å². The molecule has 1 saturated heterocycles. The third-order valence-corrected chi connectivity index (χ3v) is 6.86. The van der Waals surface area contributed by atoms with Crippen molar-refractivity contribution >= 4 is 17.5 Å².